The first-order valence-corrected chi connectivity index (χ1v) is 7.92. The predicted octanol–water partition coefficient (Wildman–Crippen LogP) is 2.18. The number of carbonyl (C=O) groups is 2. The first-order valence-electron chi connectivity index (χ1n) is 7.92. The molecule has 0 bridgehead atoms. The number of aromatic nitrogens is 2. The highest BCUT2D eigenvalue weighted by Gasteiger charge is 2.22. The van der Waals surface area contributed by atoms with Gasteiger partial charge in [-0.2, -0.15) is 5.10 Å². The zero-order chi connectivity index (χ0) is 17.6. The maximum atomic E-state index is 12.1. The molecule has 0 aliphatic rings. The van der Waals surface area contributed by atoms with Gasteiger partial charge < -0.3 is 15.4 Å². The summed E-state index contributed by atoms with van der Waals surface area (Å²) >= 11 is 0. The Bertz CT molecular complexity index is 532. The van der Waals surface area contributed by atoms with Crippen LogP contribution in [0.4, 0.5) is 4.79 Å². The van der Waals surface area contributed by atoms with E-state index in [1.165, 1.54) is 6.20 Å². The molecular formula is C16H28N4O3. The van der Waals surface area contributed by atoms with Crippen molar-refractivity contribution < 1.29 is 14.3 Å². The van der Waals surface area contributed by atoms with Gasteiger partial charge in [-0.05, 0) is 33.6 Å². The van der Waals surface area contributed by atoms with Crippen LogP contribution in [0.15, 0.2) is 12.4 Å². The van der Waals surface area contributed by atoms with Gasteiger partial charge in [0, 0.05) is 19.3 Å². The van der Waals surface area contributed by atoms with Crippen molar-refractivity contribution in [2.75, 3.05) is 6.54 Å². The van der Waals surface area contributed by atoms with E-state index in [1.54, 1.807) is 10.9 Å². The summed E-state index contributed by atoms with van der Waals surface area (Å²) in [4.78, 5) is 24.0. The Morgan fingerprint density at radius 1 is 1.35 bits per heavy atom. The summed E-state index contributed by atoms with van der Waals surface area (Å²) in [6.07, 6.45) is 2.75. The fourth-order valence-electron chi connectivity index (χ4n) is 1.87. The van der Waals surface area contributed by atoms with Gasteiger partial charge in [-0.3, -0.25) is 9.48 Å². The van der Waals surface area contributed by atoms with Crippen LogP contribution in [0.1, 0.15) is 51.9 Å². The summed E-state index contributed by atoms with van der Waals surface area (Å²) in [5.41, 5.74) is -0.0459. The zero-order valence-electron chi connectivity index (χ0n) is 14.8. The second-order valence-electron chi connectivity index (χ2n) is 6.79. The third kappa shape index (κ3) is 6.71. The van der Waals surface area contributed by atoms with E-state index in [0.29, 0.717) is 18.7 Å². The molecule has 1 rings (SSSR count). The number of aryl methyl sites for hydroxylation is 1. The average Bonchev–Trinajstić information content (AvgIpc) is 2.89. The molecule has 1 unspecified atom stereocenters. The van der Waals surface area contributed by atoms with Crippen molar-refractivity contribution in [1.29, 1.82) is 0 Å². The average molecular weight is 324 g/mol. The summed E-state index contributed by atoms with van der Waals surface area (Å²) in [5, 5.41) is 9.70. The molecule has 0 fully saturated rings. The number of alkyl carbamates (subject to hydrolysis) is 1. The van der Waals surface area contributed by atoms with Crippen LogP contribution in [0, 0.1) is 5.92 Å². The van der Waals surface area contributed by atoms with Gasteiger partial charge >= 0.3 is 6.09 Å². The first-order chi connectivity index (χ1) is 10.6. The standard InChI is InChI=1S/C16H28N4O3/c1-7-20-10-12(8-18-20)14(21)17-9-13(11(2)3)19-15(22)23-16(4,5)6/h8,10-11,13H,7,9H2,1-6H3,(H,17,21)(H,19,22). The largest absolute Gasteiger partial charge is 0.444 e. The zero-order valence-corrected chi connectivity index (χ0v) is 14.8. The molecule has 0 saturated heterocycles. The van der Waals surface area contributed by atoms with Crippen LogP contribution in [-0.4, -0.2) is 40.0 Å². The van der Waals surface area contributed by atoms with E-state index in [1.807, 2.05) is 41.5 Å². The molecule has 0 aliphatic heterocycles. The van der Waals surface area contributed by atoms with Crippen LogP contribution in [0.5, 0.6) is 0 Å². The van der Waals surface area contributed by atoms with E-state index in [2.05, 4.69) is 15.7 Å². The Balaban J connectivity index is 2.56. The SMILES string of the molecule is CCn1cc(C(=O)NCC(NC(=O)OC(C)(C)C)C(C)C)cn1. The predicted molar refractivity (Wildman–Crippen MR) is 88.2 cm³/mol. The Kier molecular flexibility index (Phi) is 6.60. The van der Waals surface area contributed by atoms with E-state index in [0.717, 1.165) is 0 Å². The second-order valence-corrected chi connectivity index (χ2v) is 6.79. The Hall–Kier alpha value is -2.05. The molecule has 1 heterocycles. The van der Waals surface area contributed by atoms with Crippen molar-refractivity contribution >= 4 is 12.0 Å². The van der Waals surface area contributed by atoms with Crippen molar-refractivity contribution in [3.8, 4) is 0 Å². The molecule has 23 heavy (non-hydrogen) atoms. The Morgan fingerprint density at radius 2 is 2.00 bits per heavy atom. The molecule has 0 aliphatic carbocycles. The number of carbonyl (C=O) groups excluding carboxylic acids is 2. The lowest BCUT2D eigenvalue weighted by atomic mass is 10.0. The van der Waals surface area contributed by atoms with Crippen molar-refractivity contribution in [3.63, 3.8) is 0 Å². The van der Waals surface area contributed by atoms with E-state index in [-0.39, 0.29) is 17.9 Å². The third-order valence-electron chi connectivity index (χ3n) is 3.21. The van der Waals surface area contributed by atoms with Gasteiger partial charge in [-0.15, -0.1) is 0 Å². The Morgan fingerprint density at radius 3 is 2.48 bits per heavy atom. The summed E-state index contributed by atoms with van der Waals surface area (Å²) in [6, 6.07) is -0.213. The van der Waals surface area contributed by atoms with Crippen molar-refractivity contribution in [3.05, 3.63) is 18.0 Å². The first kappa shape index (κ1) is 19.0. The summed E-state index contributed by atoms with van der Waals surface area (Å²) in [6.45, 7) is 12.4. The van der Waals surface area contributed by atoms with E-state index in [4.69, 9.17) is 4.74 Å². The lowest BCUT2D eigenvalue weighted by Crippen LogP contribution is -2.48. The molecular weight excluding hydrogens is 296 g/mol. The van der Waals surface area contributed by atoms with Gasteiger partial charge in [0.15, 0.2) is 0 Å². The van der Waals surface area contributed by atoms with E-state index < -0.39 is 11.7 Å². The van der Waals surface area contributed by atoms with Gasteiger partial charge in [0.25, 0.3) is 5.91 Å². The van der Waals surface area contributed by atoms with Gasteiger partial charge in [-0.1, -0.05) is 13.8 Å². The second kappa shape index (κ2) is 7.99. The van der Waals surface area contributed by atoms with Crippen molar-refractivity contribution in [2.24, 2.45) is 5.92 Å². The van der Waals surface area contributed by atoms with Gasteiger partial charge in [0.05, 0.1) is 17.8 Å². The van der Waals surface area contributed by atoms with Crippen LogP contribution in [0.3, 0.4) is 0 Å². The number of hydrogen-bond donors (Lipinski definition) is 2. The fourth-order valence-corrected chi connectivity index (χ4v) is 1.87. The minimum absolute atomic E-state index is 0.154. The minimum Gasteiger partial charge on any atom is -0.444 e. The van der Waals surface area contributed by atoms with Crippen LogP contribution in [-0.2, 0) is 11.3 Å². The highest BCUT2D eigenvalue weighted by molar-refractivity contribution is 5.93. The lowest BCUT2D eigenvalue weighted by molar-refractivity contribution is 0.0487. The molecule has 1 aromatic rings. The number of rotatable bonds is 6. The van der Waals surface area contributed by atoms with Crippen LogP contribution in [0.25, 0.3) is 0 Å². The molecule has 1 atom stereocenters. The monoisotopic (exact) mass is 324 g/mol. The maximum absolute atomic E-state index is 12.1. The van der Waals surface area contributed by atoms with Gasteiger partial charge in [0.2, 0.25) is 0 Å². The molecule has 2 amide bonds. The molecule has 130 valence electrons. The molecule has 0 spiro atoms. The van der Waals surface area contributed by atoms with Gasteiger partial charge in [0.1, 0.15) is 5.60 Å². The highest BCUT2D eigenvalue weighted by atomic mass is 16.6. The van der Waals surface area contributed by atoms with Gasteiger partial charge in [-0.25, -0.2) is 4.79 Å². The molecule has 7 nitrogen and oxygen atoms in total. The number of amides is 2. The lowest BCUT2D eigenvalue weighted by Gasteiger charge is -2.26. The Labute approximate surface area is 137 Å². The molecule has 1 aromatic heterocycles. The van der Waals surface area contributed by atoms with Crippen molar-refractivity contribution in [1.82, 2.24) is 20.4 Å². The number of nitrogens with one attached hydrogen (secondary N) is 2. The van der Waals surface area contributed by atoms with Crippen LogP contribution in [0.2, 0.25) is 0 Å². The van der Waals surface area contributed by atoms with Crippen LogP contribution >= 0.6 is 0 Å². The van der Waals surface area contributed by atoms with E-state index >= 15 is 0 Å². The number of ether oxygens (including phenoxy) is 1. The number of hydrogen-bond acceptors (Lipinski definition) is 4. The molecule has 7 heteroatoms. The molecule has 0 radical (unpaired) electrons. The maximum Gasteiger partial charge on any atom is 0.407 e. The molecule has 0 aromatic carbocycles. The third-order valence-corrected chi connectivity index (χ3v) is 3.21. The number of nitrogens with zero attached hydrogens (tertiary/aromatic N) is 2. The highest BCUT2D eigenvalue weighted by Crippen LogP contribution is 2.08. The van der Waals surface area contributed by atoms with Crippen molar-refractivity contribution in [2.45, 2.75) is 59.7 Å². The summed E-state index contributed by atoms with van der Waals surface area (Å²) in [5.74, 6) is -0.0532. The quantitative estimate of drug-likeness (QED) is 0.840. The topological polar surface area (TPSA) is 85.2 Å². The van der Waals surface area contributed by atoms with E-state index in [9.17, 15) is 9.59 Å². The fraction of sp³-hybridized carbons (Fsp3) is 0.688. The summed E-state index contributed by atoms with van der Waals surface area (Å²) in [7, 11) is 0. The summed E-state index contributed by atoms with van der Waals surface area (Å²) < 4.78 is 6.94. The smallest absolute Gasteiger partial charge is 0.407 e. The molecule has 2 N–H and O–H groups in total. The molecule has 0 saturated carbocycles. The minimum atomic E-state index is -0.552. The van der Waals surface area contributed by atoms with Crippen LogP contribution < -0.4 is 10.6 Å². The normalized spacial score (nSPS) is 12.8.